The molecule has 1 unspecified atom stereocenters. The Morgan fingerprint density at radius 1 is 1.12 bits per heavy atom. The predicted molar refractivity (Wildman–Crippen MR) is 123 cm³/mol. The summed E-state index contributed by atoms with van der Waals surface area (Å²) < 4.78 is 20.3. The number of nitrogens with one attached hydrogen (secondary N) is 2. The van der Waals surface area contributed by atoms with Gasteiger partial charge in [0.25, 0.3) is 11.8 Å². The number of carbonyl (C=O) groups excluding carboxylic acids is 2. The smallest absolute Gasteiger partial charge is 0.279 e. The average Bonchev–Trinajstić information content (AvgIpc) is 3.48. The van der Waals surface area contributed by atoms with Crippen molar-refractivity contribution in [2.45, 2.75) is 32.9 Å². The predicted octanol–water partition coefficient (Wildman–Crippen LogP) is 4.11. The van der Waals surface area contributed by atoms with Crippen LogP contribution in [0.5, 0.6) is 5.75 Å². The lowest BCUT2D eigenvalue weighted by molar-refractivity contribution is -0.128. The highest BCUT2D eigenvalue weighted by Gasteiger charge is 2.21. The molecule has 10 heteroatoms. The van der Waals surface area contributed by atoms with Crippen LogP contribution in [0.1, 0.15) is 37.2 Å². The summed E-state index contributed by atoms with van der Waals surface area (Å²) in [5, 5.41) is 6.89. The molecule has 0 saturated heterocycles. The molecule has 2 N–H and O–H groups in total. The highest BCUT2D eigenvalue weighted by atomic mass is 32.1. The third-order valence-corrected chi connectivity index (χ3v) is 5.76. The monoisotopic (exact) mass is 467 g/mol. The van der Waals surface area contributed by atoms with Crippen molar-refractivity contribution >= 4 is 34.2 Å². The second kappa shape index (κ2) is 9.37. The molecule has 1 atom stereocenters. The van der Waals surface area contributed by atoms with E-state index in [1.54, 1.807) is 16.9 Å². The molecule has 3 aromatic heterocycles. The molecule has 33 heavy (non-hydrogen) atoms. The maximum absolute atomic E-state index is 13.0. The van der Waals surface area contributed by atoms with E-state index in [-0.39, 0.29) is 6.04 Å². The summed E-state index contributed by atoms with van der Waals surface area (Å²) >= 11 is 1.51. The van der Waals surface area contributed by atoms with Crippen LogP contribution in [0, 0.1) is 5.82 Å². The highest BCUT2D eigenvalue weighted by molar-refractivity contribution is 7.13. The van der Waals surface area contributed by atoms with Gasteiger partial charge in [-0.15, -0.1) is 11.3 Å². The van der Waals surface area contributed by atoms with Gasteiger partial charge in [0, 0.05) is 6.04 Å². The SMILES string of the molecule is CC(Oc1ccc(F)cc1)C(=O)NNC(=O)c1cc(-c2cccs2)nc2c1cnn2C(C)C. The average molecular weight is 468 g/mol. The number of ether oxygens (including phenoxy) is 1. The summed E-state index contributed by atoms with van der Waals surface area (Å²) in [6.45, 7) is 5.49. The number of hydrogen-bond acceptors (Lipinski definition) is 6. The van der Waals surface area contributed by atoms with Gasteiger partial charge in [0.2, 0.25) is 0 Å². The molecule has 3 heterocycles. The number of aromatic nitrogens is 3. The molecule has 0 radical (unpaired) electrons. The quantitative estimate of drug-likeness (QED) is 0.416. The third-order valence-electron chi connectivity index (χ3n) is 4.87. The van der Waals surface area contributed by atoms with Crippen molar-refractivity contribution in [1.29, 1.82) is 0 Å². The van der Waals surface area contributed by atoms with Crippen molar-refractivity contribution in [2.24, 2.45) is 0 Å². The summed E-state index contributed by atoms with van der Waals surface area (Å²) in [5.41, 5.74) is 6.38. The van der Waals surface area contributed by atoms with E-state index in [1.807, 2.05) is 31.4 Å². The van der Waals surface area contributed by atoms with Crippen molar-refractivity contribution in [3.05, 3.63) is 65.4 Å². The fourth-order valence-electron chi connectivity index (χ4n) is 3.19. The normalized spacial score (nSPS) is 12.0. The number of amides is 2. The van der Waals surface area contributed by atoms with Gasteiger partial charge in [0.05, 0.1) is 27.7 Å². The summed E-state index contributed by atoms with van der Waals surface area (Å²) in [7, 11) is 0. The minimum absolute atomic E-state index is 0.0497. The lowest BCUT2D eigenvalue weighted by atomic mass is 10.1. The minimum atomic E-state index is -0.918. The zero-order valence-electron chi connectivity index (χ0n) is 18.2. The topological polar surface area (TPSA) is 98.1 Å². The van der Waals surface area contributed by atoms with Crippen molar-refractivity contribution in [1.82, 2.24) is 25.6 Å². The van der Waals surface area contributed by atoms with Crippen LogP contribution >= 0.6 is 11.3 Å². The molecule has 0 aliphatic carbocycles. The van der Waals surface area contributed by atoms with Gasteiger partial charge >= 0.3 is 0 Å². The van der Waals surface area contributed by atoms with Crippen LogP contribution in [0.3, 0.4) is 0 Å². The van der Waals surface area contributed by atoms with Crippen LogP contribution in [0.15, 0.2) is 54.0 Å². The molecule has 0 saturated carbocycles. The van der Waals surface area contributed by atoms with E-state index in [0.717, 1.165) is 4.88 Å². The van der Waals surface area contributed by atoms with Crippen LogP contribution < -0.4 is 15.6 Å². The summed E-state index contributed by atoms with van der Waals surface area (Å²) in [6, 6.07) is 10.9. The molecule has 4 rings (SSSR count). The number of rotatable bonds is 6. The first-order chi connectivity index (χ1) is 15.8. The number of hydrogen-bond donors (Lipinski definition) is 2. The molecule has 0 spiro atoms. The standard InChI is InChI=1S/C23H22FN5O3S/c1-13(2)29-21-18(12-25-29)17(11-19(26-21)20-5-4-10-33-20)23(31)28-27-22(30)14(3)32-16-8-6-15(24)7-9-16/h4-14H,1-3H3,(H,27,30)(H,28,31). The molecule has 4 aromatic rings. The zero-order valence-corrected chi connectivity index (χ0v) is 19.0. The molecule has 0 fully saturated rings. The van der Waals surface area contributed by atoms with Crippen molar-refractivity contribution in [3.8, 4) is 16.3 Å². The number of hydrazine groups is 1. The van der Waals surface area contributed by atoms with Gasteiger partial charge in [-0.3, -0.25) is 20.4 Å². The number of benzene rings is 1. The maximum atomic E-state index is 13.0. The van der Waals surface area contributed by atoms with E-state index < -0.39 is 23.7 Å². The van der Waals surface area contributed by atoms with Crippen molar-refractivity contribution in [2.75, 3.05) is 0 Å². The van der Waals surface area contributed by atoms with Crippen LogP contribution in [0.2, 0.25) is 0 Å². The second-order valence-corrected chi connectivity index (χ2v) is 8.56. The molecule has 2 amide bonds. The van der Waals surface area contributed by atoms with Gasteiger partial charge in [-0.2, -0.15) is 5.10 Å². The molecule has 0 aliphatic rings. The largest absolute Gasteiger partial charge is 0.481 e. The third kappa shape index (κ3) is 4.85. The van der Waals surface area contributed by atoms with E-state index >= 15 is 0 Å². The fraction of sp³-hybridized carbons (Fsp3) is 0.217. The molecule has 0 bridgehead atoms. The Bertz CT molecular complexity index is 1290. The molecular formula is C23H22FN5O3S. The van der Waals surface area contributed by atoms with Gasteiger partial charge < -0.3 is 4.74 Å². The van der Waals surface area contributed by atoms with Crippen LogP contribution in [-0.4, -0.2) is 32.7 Å². The van der Waals surface area contributed by atoms with Crippen LogP contribution in [-0.2, 0) is 4.79 Å². The molecule has 8 nitrogen and oxygen atoms in total. The second-order valence-electron chi connectivity index (χ2n) is 7.61. The Labute approximate surface area is 193 Å². The zero-order chi connectivity index (χ0) is 23.5. The minimum Gasteiger partial charge on any atom is -0.481 e. The lowest BCUT2D eigenvalue weighted by Crippen LogP contribution is -2.47. The van der Waals surface area contributed by atoms with E-state index in [2.05, 4.69) is 16.0 Å². The first-order valence-electron chi connectivity index (χ1n) is 10.3. The number of nitrogens with zero attached hydrogens (tertiary/aromatic N) is 3. The Balaban J connectivity index is 1.53. The van der Waals surface area contributed by atoms with E-state index in [1.165, 1.54) is 42.5 Å². The number of halogens is 1. The summed E-state index contributed by atoms with van der Waals surface area (Å²) in [5.74, 6) is -1.14. The maximum Gasteiger partial charge on any atom is 0.279 e. The van der Waals surface area contributed by atoms with Gasteiger partial charge in [-0.05, 0) is 62.5 Å². The Morgan fingerprint density at radius 2 is 1.88 bits per heavy atom. The molecule has 1 aromatic carbocycles. The molecular weight excluding hydrogens is 445 g/mol. The van der Waals surface area contributed by atoms with Gasteiger partial charge in [0.15, 0.2) is 11.8 Å². The Morgan fingerprint density at radius 3 is 2.55 bits per heavy atom. The number of carbonyl (C=O) groups is 2. The lowest BCUT2D eigenvalue weighted by Gasteiger charge is -2.15. The first kappa shape index (κ1) is 22.4. The van der Waals surface area contributed by atoms with Gasteiger partial charge in [0.1, 0.15) is 11.6 Å². The number of thiophene rings is 1. The van der Waals surface area contributed by atoms with E-state index in [0.29, 0.717) is 28.0 Å². The first-order valence-corrected chi connectivity index (χ1v) is 11.2. The van der Waals surface area contributed by atoms with Gasteiger partial charge in [-0.1, -0.05) is 6.07 Å². The van der Waals surface area contributed by atoms with E-state index in [9.17, 15) is 14.0 Å². The number of pyridine rings is 1. The fourth-order valence-corrected chi connectivity index (χ4v) is 3.88. The Hall–Kier alpha value is -3.79. The van der Waals surface area contributed by atoms with Crippen LogP contribution in [0.4, 0.5) is 4.39 Å². The van der Waals surface area contributed by atoms with Crippen LogP contribution in [0.25, 0.3) is 21.6 Å². The molecule has 170 valence electrons. The molecule has 0 aliphatic heterocycles. The van der Waals surface area contributed by atoms with Crippen molar-refractivity contribution in [3.63, 3.8) is 0 Å². The Kier molecular flexibility index (Phi) is 6.36. The highest BCUT2D eigenvalue weighted by Crippen LogP contribution is 2.28. The van der Waals surface area contributed by atoms with Crippen molar-refractivity contribution < 1.29 is 18.7 Å². The number of fused-ring (bicyclic) bond motifs is 1. The van der Waals surface area contributed by atoms with E-state index in [4.69, 9.17) is 9.72 Å². The summed E-state index contributed by atoms with van der Waals surface area (Å²) in [6.07, 6.45) is 0.677. The summed E-state index contributed by atoms with van der Waals surface area (Å²) in [4.78, 5) is 31.0. The van der Waals surface area contributed by atoms with Gasteiger partial charge in [-0.25, -0.2) is 14.1 Å².